The Balaban J connectivity index is 2.47. The molecule has 2 nitrogen and oxygen atoms in total. The Morgan fingerprint density at radius 1 is 1.38 bits per heavy atom. The number of carbonyl (C=O) groups is 1. The summed E-state index contributed by atoms with van der Waals surface area (Å²) in [5, 5.41) is 0. The molecule has 0 saturated carbocycles. The fourth-order valence-electron chi connectivity index (χ4n) is 1.16. The second-order valence-electron chi connectivity index (χ2n) is 3.40. The van der Waals surface area contributed by atoms with Crippen molar-refractivity contribution < 1.29 is 22.7 Å². The number of benzene rings is 1. The van der Waals surface area contributed by atoms with E-state index < -0.39 is 25.2 Å². The monoisotopic (exact) mass is 232 g/mol. The van der Waals surface area contributed by atoms with Crippen molar-refractivity contribution in [2.45, 2.75) is 13.1 Å². The van der Waals surface area contributed by atoms with Gasteiger partial charge in [0.2, 0.25) is 0 Å². The maximum atomic E-state index is 11.7. The topological polar surface area (TPSA) is 26.3 Å². The summed E-state index contributed by atoms with van der Waals surface area (Å²) >= 11 is 0. The minimum absolute atomic E-state index is 0.363. The predicted octanol–water partition coefficient (Wildman–Crippen LogP) is 2.76. The summed E-state index contributed by atoms with van der Waals surface area (Å²) in [6.45, 7) is -0.152. The molecule has 0 N–H and O–H groups in total. The Kier molecular flexibility index (Phi) is 4.06. The number of ketones is 1. The number of hydrogen-bond acceptors (Lipinski definition) is 2. The summed E-state index contributed by atoms with van der Waals surface area (Å²) in [7, 11) is 0. The van der Waals surface area contributed by atoms with Gasteiger partial charge in [-0.2, -0.15) is 13.2 Å². The van der Waals surface area contributed by atoms with E-state index in [-0.39, 0.29) is 0 Å². The summed E-state index contributed by atoms with van der Waals surface area (Å²) in [4.78, 5) is 11.4. The van der Waals surface area contributed by atoms with E-state index in [4.69, 9.17) is 0 Å². The molecule has 0 saturated heterocycles. The van der Waals surface area contributed by atoms with Gasteiger partial charge in [-0.3, -0.25) is 4.79 Å². The van der Waals surface area contributed by atoms with Crippen LogP contribution in [0.2, 0.25) is 0 Å². The van der Waals surface area contributed by atoms with Gasteiger partial charge in [-0.05, 0) is 13.0 Å². The number of Topliss-reactive ketones (excluding diaryl/α,β-unsaturated/α-hetero) is 1. The fraction of sp³-hybridized carbons (Fsp3) is 0.364. The first kappa shape index (κ1) is 12.7. The Morgan fingerprint density at radius 2 is 2.06 bits per heavy atom. The fourth-order valence-corrected chi connectivity index (χ4v) is 1.16. The van der Waals surface area contributed by atoms with Gasteiger partial charge in [0.1, 0.15) is 13.2 Å². The molecule has 1 aromatic carbocycles. The van der Waals surface area contributed by atoms with E-state index in [2.05, 4.69) is 4.74 Å². The van der Waals surface area contributed by atoms with E-state index in [1.807, 2.05) is 0 Å². The summed E-state index contributed by atoms with van der Waals surface area (Å²) in [5.74, 6) is -0.451. The molecule has 0 heterocycles. The normalized spacial score (nSPS) is 11.5. The van der Waals surface area contributed by atoms with Crippen LogP contribution in [0.1, 0.15) is 15.9 Å². The summed E-state index contributed by atoms with van der Waals surface area (Å²) < 4.78 is 39.5. The third kappa shape index (κ3) is 4.44. The van der Waals surface area contributed by atoms with Gasteiger partial charge in [0.05, 0.1) is 0 Å². The van der Waals surface area contributed by atoms with Crippen LogP contribution in [-0.4, -0.2) is 25.2 Å². The standard InChI is InChI=1S/C11H11F3O2/c1-8-3-2-4-9(5-8)10(15)6-16-7-11(12,13)14/h2-5H,6-7H2,1H3. The number of rotatable bonds is 4. The van der Waals surface area contributed by atoms with Crippen LogP contribution in [0.4, 0.5) is 13.2 Å². The quantitative estimate of drug-likeness (QED) is 0.746. The number of alkyl halides is 3. The first-order valence-electron chi connectivity index (χ1n) is 4.63. The molecule has 16 heavy (non-hydrogen) atoms. The summed E-state index contributed by atoms with van der Waals surface area (Å²) in [6, 6.07) is 6.63. The lowest BCUT2D eigenvalue weighted by Crippen LogP contribution is -2.20. The van der Waals surface area contributed by atoms with Crippen LogP contribution >= 0.6 is 0 Å². The highest BCUT2D eigenvalue weighted by molar-refractivity contribution is 5.97. The van der Waals surface area contributed by atoms with Gasteiger partial charge in [0.25, 0.3) is 0 Å². The highest BCUT2D eigenvalue weighted by Crippen LogP contribution is 2.14. The van der Waals surface area contributed by atoms with E-state index in [9.17, 15) is 18.0 Å². The van der Waals surface area contributed by atoms with Crippen LogP contribution in [-0.2, 0) is 4.74 Å². The maximum absolute atomic E-state index is 11.7. The molecule has 0 aliphatic heterocycles. The maximum Gasteiger partial charge on any atom is 0.411 e. The molecule has 0 aromatic heterocycles. The van der Waals surface area contributed by atoms with Gasteiger partial charge in [0, 0.05) is 5.56 Å². The Labute approximate surface area is 91.0 Å². The number of aryl methyl sites for hydroxylation is 1. The number of carbonyl (C=O) groups excluding carboxylic acids is 1. The van der Waals surface area contributed by atoms with Crippen LogP contribution < -0.4 is 0 Å². The second kappa shape index (κ2) is 5.12. The van der Waals surface area contributed by atoms with E-state index in [0.29, 0.717) is 5.56 Å². The highest BCUT2D eigenvalue weighted by Gasteiger charge is 2.27. The zero-order valence-corrected chi connectivity index (χ0v) is 8.67. The van der Waals surface area contributed by atoms with Gasteiger partial charge in [0.15, 0.2) is 5.78 Å². The van der Waals surface area contributed by atoms with E-state index >= 15 is 0 Å². The molecular formula is C11H11F3O2. The third-order valence-corrected chi connectivity index (χ3v) is 1.84. The molecule has 0 bridgehead atoms. The van der Waals surface area contributed by atoms with Gasteiger partial charge >= 0.3 is 6.18 Å². The SMILES string of the molecule is Cc1cccc(C(=O)COCC(F)(F)F)c1. The first-order valence-corrected chi connectivity index (χ1v) is 4.63. The zero-order chi connectivity index (χ0) is 12.2. The van der Waals surface area contributed by atoms with E-state index in [1.165, 1.54) is 0 Å². The predicted molar refractivity (Wildman–Crippen MR) is 52.4 cm³/mol. The van der Waals surface area contributed by atoms with Crippen LogP contribution in [0.3, 0.4) is 0 Å². The van der Waals surface area contributed by atoms with Crippen molar-refractivity contribution in [1.29, 1.82) is 0 Å². The average molecular weight is 232 g/mol. The molecular weight excluding hydrogens is 221 g/mol. The van der Waals surface area contributed by atoms with Crippen molar-refractivity contribution in [1.82, 2.24) is 0 Å². The van der Waals surface area contributed by atoms with E-state index in [1.54, 1.807) is 31.2 Å². The minimum Gasteiger partial charge on any atom is -0.364 e. The van der Waals surface area contributed by atoms with E-state index in [0.717, 1.165) is 5.56 Å². The molecule has 0 radical (unpaired) electrons. The molecule has 88 valence electrons. The third-order valence-electron chi connectivity index (χ3n) is 1.84. The molecule has 5 heteroatoms. The molecule has 0 amide bonds. The van der Waals surface area contributed by atoms with Crippen LogP contribution in [0, 0.1) is 6.92 Å². The van der Waals surface area contributed by atoms with Crippen molar-refractivity contribution in [3.8, 4) is 0 Å². The lowest BCUT2D eigenvalue weighted by molar-refractivity contribution is -0.170. The number of halogens is 3. The molecule has 1 aromatic rings. The molecule has 0 fully saturated rings. The van der Waals surface area contributed by atoms with Crippen molar-refractivity contribution in [3.63, 3.8) is 0 Å². The van der Waals surface area contributed by atoms with Crippen molar-refractivity contribution in [2.24, 2.45) is 0 Å². The van der Waals surface area contributed by atoms with Gasteiger partial charge in [-0.1, -0.05) is 23.8 Å². The molecule has 0 unspecified atom stereocenters. The molecule has 0 spiro atoms. The molecule has 0 atom stereocenters. The molecule has 1 rings (SSSR count). The summed E-state index contributed by atoms with van der Waals surface area (Å²) in [6.07, 6.45) is -4.40. The van der Waals surface area contributed by atoms with Crippen molar-refractivity contribution in [3.05, 3.63) is 35.4 Å². The molecule has 0 aliphatic rings. The van der Waals surface area contributed by atoms with Gasteiger partial charge in [-0.25, -0.2) is 0 Å². The highest BCUT2D eigenvalue weighted by atomic mass is 19.4. The van der Waals surface area contributed by atoms with Gasteiger partial charge in [-0.15, -0.1) is 0 Å². The Bertz CT molecular complexity index is 372. The minimum atomic E-state index is -4.40. The van der Waals surface area contributed by atoms with Crippen LogP contribution in [0.15, 0.2) is 24.3 Å². The smallest absolute Gasteiger partial charge is 0.364 e. The lowest BCUT2D eigenvalue weighted by Gasteiger charge is -2.07. The first-order chi connectivity index (χ1) is 7.38. The van der Waals surface area contributed by atoms with Crippen molar-refractivity contribution >= 4 is 5.78 Å². The van der Waals surface area contributed by atoms with Crippen molar-refractivity contribution in [2.75, 3.05) is 13.2 Å². The largest absolute Gasteiger partial charge is 0.411 e. The average Bonchev–Trinajstić information content (AvgIpc) is 2.15. The number of hydrogen-bond donors (Lipinski definition) is 0. The van der Waals surface area contributed by atoms with Gasteiger partial charge < -0.3 is 4.74 Å². The second-order valence-corrected chi connectivity index (χ2v) is 3.40. The zero-order valence-electron chi connectivity index (χ0n) is 8.67. The van der Waals surface area contributed by atoms with Crippen LogP contribution in [0.5, 0.6) is 0 Å². The Morgan fingerprint density at radius 3 is 2.62 bits per heavy atom. The van der Waals surface area contributed by atoms with Crippen LogP contribution in [0.25, 0.3) is 0 Å². The Hall–Kier alpha value is -1.36. The lowest BCUT2D eigenvalue weighted by atomic mass is 10.1. The number of ether oxygens (including phenoxy) is 1. The molecule has 0 aliphatic carbocycles. The summed E-state index contributed by atoms with van der Waals surface area (Å²) in [5.41, 5.74) is 1.24.